The average Bonchev–Trinajstić information content (AvgIpc) is 4.31. The molecule has 1 aliphatic heterocycles. The number of imidazole rings is 1. The Hall–Kier alpha value is -6.66. The molecule has 4 aromatic carbocycles. The lowest BCUT2D eigenvalue weighted by atomic mass is 9.79. The molecule has 0 spiro atoms. The number of carbonyl (C=O) groups excluding carboxylic acids is 1. The van der Waals surface area contributed by atoms with Gasteiger partial charge in [-0.3, -0.25) is 14.7 Å². The zero-order valence-electron chi connectivity index (χ0n) is 43.0. The highest BCUT2D eigenvalue weighted by Gasteiger charge is 2.45. The summed E-state index contributed by atoms with van der Waals surface area (Å²) in [5.74, 6) is 1.45. The number of hydrogen-bond acceptors (Lipinski definition) is 17. The quantitative estimate of drug-likeness (QED) is 0.0300. The monoisotopic (exact) mass is 1080 g/mol. The molecule has 0 saturated carbocycles. The Labute approximate surface area is 451 Å². The van der Waals surface area contributed by atoms with Crippen molar-refractivity contribution >= 4 is 54.2 Å². The van der Waals surface area contributed by atoms with Crippen LogP contribution in [0.3, 0.4) is 0 Å². The number of carbonyl (C=O) groups is 1. The van der Waals surface area contributed by atoms with Crippen LogP contribution < -0.4 is 19.5 Å². The summed E-state index contributed by atoms with van der Waals surface area (Å²) in [7, 11) is 1.09. The van der Waals surface area contributed by atoms with E-state index in [-0.39, 0.29) is 44.1 Å². The third kappa shape index (κ3) is 12.6. The standard InChI is InChI=1S/C47H41N5O7S2.C9H20N3O2P/c1-55-35-20-11-9-18-32(35)47(30-14-5-3-6-15-30,33-19-10-12-21-36(33)56-2)58-27-37-34(53)26-42(59-37)52-29-48-44-43(40-24-23-39(61-40)38-22-13-25-60-38)50-46(51-45(44)52)49-41(54)28-57-31-16-7-4-8-17-31;1-8(2)12(9(3)4)11(15(13)14)7-5-6-10/h3-25,29,34,37,42,53H,26-28H2,1-2H3,(H,49,50,51,54);8-9,13-14H,5,7H2,1-4H3/t34-,37+,42+;/m0./s1. The predicted molar refractivity (Wildman–Crippen MR) is 296 cm³/mol. The number of hydrazine groups is 1. The van der Waals surface area contributed by atoms with Crippen molar-refractivity contribution in [3.8, 4) is 43.6 Å². The van der Waals surface area contributed by atoms with E-state index in [1.54, 1.807) is 59.9 Å². The number of benzene rings is 4. The molecule has 1 saturated heterocycles. The van der Waals surface area contributed by atoms with Gasteiger partial charge in [0.25, 0.3) is 14.4 Å². The van der Waals surface area contributed by atoms with Crippen molar-refractivity contribution < 1.29 is 43.4 Å². The molecular weight excluding hydrogens is 1020 g/mol. The van der Waals surface area contributed by atoms with Gasteiger partial charge in [0, 0.05) is 52.4 Å². The van der Waals surface area contributed by atoms with E-state index in [9.17, 15) is 19.7 Å². The lowest BCUT2D eigenvalue weighted by Crippen LogP contribution is -2.48. The number of amides is 1. The van der Waals surface area contributed by atoms with Crippen molar-refractivity contribution in [1.82, 2.24) is 29.3 Å². The molecule has 396 valence electrons. The number of aliphatic hydroxyl groups is 1. The molecule has 76 heavy (non-hydrogen) atoms. The second kappa shape index (κ2) is 25.9. The predicted octanol–water partition coefficient (Wildman–Crippen LogP) is 10.4. The summed E-state index contributed by atoms with van der Waals surface area (Å²) < 4.78 is 34.7. The van der Waals surface area contributed by atoms with Crippen molar-refractivity contribution in [2.75, 3.05) is 39.3 Å². The Kier molecular flexibility index (Phi) is 19.0. The molecular formula is C56H61N8O9PS2. The highest BCUT2D eigenvalue weighted by atomic mass is 32.1. The van der Waals surface area contributed by atoms with Crippen LogP contribution in [0, 0.1) is 11.3 Å². The number of nitriles is 1. The van der Waals surface area contributed by atoms with Crippen LogP contribution in [0.1, 0.15) is 63.5 Å². The normalized spacial score (nSPS) is 15.6. The van der Waals surface area contributed by atoms with Crippen molar-refractivity contribution in [2.24, 2.45) is 0 Å². The number of anilines is 1. The van der Waals surface area contributed by atoms with Gasteiger partial charge in [0.15, 0.2) is 17.9 Å². The molecule has 5 heterocycles. The Balaban J connectivity index is 0.000000445. The molecule has 0 unspecified atom stereocenters. The molecule has 4 N–H and O–H groups in total. The maximum absolute atomic E-state index is 13.2. The van der Waals surface area contributed by atoms with E-state index in [4.69, 9.17) is 43.9 Å². The van der Waals surface area contributed by atoms with Crippen LogP contribution in [0.4, 0.5) is 5.95 Å². The molecule has 0 aliphatic carbocycles. The second-order valence-corrected chi connectivity index (χ2v) is 21.1. The van der Waals surface area contributed by atoms with E-state index >= 15 is 0 Å². The Bertz CT molecular complexity index is 3120. The minimum absolute atomic E-state index is 0.0149. The number of ether oxygens (including phenoxy) is 5. The van der Waals surface area contributed by atoms with Crippen molar-refractivity contribution in [3.05, 3.63) is 162 Å². The minimum atomic E-state index is -2.17. The minimum Gasteiger partial charge on any atom is -0.496 e. The summed E-state index contributed by atoms with van der Waals surface area (Å²) in [4.78, 5) is 49.3. The van der Waals surface area contributed by atoms with Gasteiger partial charge < -0.3 is 38.6 Å². The molecule has 4 aromatic heterocycles. The van der Waals surface area contributed by atoms with Crippen LogP contribution in [0.25, 0.3) is 31.5 Å². The van der Waals surface area contributed by atoms with Gasteiger partial charge in [-0.25, -0.2) is 15.0 Å². The first-order chi connectivity index (χ1) is 36.9. The summed E-state index contributed by atoms with van der Waals surface area (Å²) in [6, 6.07) is 44.9. The number of para-hydroxylation sites is 3. The molecule has 1 fully saturated rings. The van der Waals surface area contributed by atoms with Crippen LogP contribution in [0.2, 0.25) is 0 Å². The number of methoxy groups -OCH3 is 2. The topological polar surface area (TPSA) is 210 Å². The molecule has 0 bridgehead atoms. The average molecular weight is 1090 g/mol. The summed E-state index contributed by atoms with van der Waals surface area (Å²) in [6.45, 7) is 8.03. The van der Waals surface area contributed by atoms with Gasteiger partial charge >= 0.3 is 0 Å². The van der Waals surface area contributed by atoms with E-state index < -0.39 is 38.5 Å². The summed E-state index contributed by atoms with van der Waals surface area (Å²) in [5.41, 5.74) is 2.59. The smallest absolute Gasteiger partial charge is 0.268 e. The van der Waals surface area contributed by atoms with Crippen LogP contribution in [0.5, 0.6) is 17.2 Å². The van der Waals surface area contributed by atoms with Gasteiger partial charge in [0.2, 0.25) is 5.95 Å². The summed E-state index contributed by atoms with van der Waals surface area (Å²) >= 11 is 3.23. The first kappa shape index (κ1) is 55.6. The highest BCUT2D eigenvalue weighted by molar-refractivity contribution is 7.42. The van der Waals surface area contributed by atoms with Crippen LogP contribution in [-0.2, 0) is 19.9 Å². The van der Waals surface area contributed by atoms with E-state index in [2.05, 4.69) is 17.4 Å². The molecule has 17 nitrogen and oxygen atoms in total. The van der Waals surface area contributed by atoms with E-state index in [1.807, 2.05) is 153 Å². The third-order valence-corrected chi connectivity index (χ3v) is 15.5. The van der Waals surface area contributed by atoms with Gasteiger partial charge in [-0.15, -0.1) is 22.7 Å². The number of thiophene rings is 2. The maximum atomic E-state index is 13.2. The maximum Gasteiger partial charge on any atom is 0.268 e. The Morgan fingerprint density at radius 1 is 0.855 bits per heavy atom. The molecule has 9 rings (SSSR count). The van der Waals surface area contributed by atoms with Gasteiger partial charge in [-0.2, -0.15) is 15.0 Å². The van der Waals surface area contributed by atoms with Gasteiger partial charge in [-0.1, -0.05) is 91.0 Å². The molecule has 1 aliphatic rings. The van der Waals surface area contributed by atoms with Crippen molar-refractivity contribution in [1.29, 1.82) is 5.26 Å². The fraction of sp³-hybridized carbons (Fsp3) is 0.304. The first-order valence-electron chi connectivity index (χ1n) is 24.6. The molecule has 20 heteroatoms. The van der Waals surface area contributed by atoms with Gasteiger partial charge in [0.1, 0.15) is 40.8 Å². The fourth-order valence-electron chi connectivity index (χ4n) is 9.26. The van der Waals surface area contributed by atoms with Crippen LogP contribution in [-0.4, -0.2) is 108 Å². The lowest BCUT2D eigenvalue weighted by molar-refractivity contribution is -0.118. The van der Waals surface area contributed by atoms with Crippen LogP contribution in [0.15, 0.2) is 145 Å². The highest BCUT2D eigenvalue weighted by Crippen LogP contribution is 2.48. The molecule has 0 radical (unpaired) electrons. The van der Waals surface area contributed by atoms with Crippen molar-refractivity contribution in [3.63, 3.8) is 0 Å². The number of nitrogens with zero attached hydrogens (tertiary/aromatic N) is 7. The Morgan fingerprint density at radius 3 is 2.09 bits per heavy atom. The first-order valence-corrected chi connectivity index (χ1v) is 27.5. The van der Waals surface area contributed by atoms with E-state index in [0.717, 1.165) is 31.3 Å². The van der Waals surface area contributed by atoms with E-state index in [0.29, 0.717) is 40.7 Å². The van der Waals surface area contributed by atoms with E-state index in [1.165, 1.54) is 4.78 Å². The van der Waals surface area contributed by atoms with Crippen LogP contribution >= 0.6 is 31.2 Å². The lowest BCUT2D eigenvalue weighted by Gasteiger charge is -2.40. The zero-order chi connectivity index (χ0) is 53.8. The number of aromatic nitrogens is 4. The summed E-state index contributed by atoms with van der Waals surface area (Å²) in [5, 5.41) is 27.0. The third-order valence-electron chi connectivity index (χ3n) is 12.5. The molecule has 1 amide bonds. The molecule has 3 atom stereocenters. The van der Waals surface area contributed by atoms with Crippen molar-refractivity contribution in [2.45, 2.75) is 76.7 Å². The fourth-order valence-corrected chi connectivity index (χ4v) is 12.0. The van der Waals surface area contributed by atoms with Gasteiger partial charge in [0.05, 0.1) is 44.2 Å². The largest absolute Gasteiger partial charge is 0.496 e. The number of nitrogens with one attached hydrogen (secondary N) is 1. The van der Waals surface area contributed by atoms with Gasteiger partial charge in [-0.05, 0) is 81.1 Å². The SMILES string of the molecule is CC(C)N(C(C)C)N(CCC#N)P(O)O.COc1ccccc1C(OC[C@H]1O[C@@H](n2cnc3c(-c4ccc(-c5cccs5)s4)nc(NC(=O)COc4ccccc4)nc32)C[C@@H]1O)(c1ccccc1)c1ccccc1OC. The Morgan fingerprint density at radius 2 is 1.49 bits per heavy atom. The zero-order valence-corrected chi connectivity index (χ0v) is 45.5. The number of fused-ring (bicyclic) bond motifs is 1. The number of hydrogen-bond donors (Lipinski definition) is 4. The molecule has 8 aromatic rings. The second-order valence-electron chi connectivity index (χ2n) is 18.0. The number of rotatable bonds is 21. The number of aliphatic hydroxyl groups excluding tert-OH is 1. The summed E-state index contributed by atoms with van der Waals surface area (Å²) in [6.07, 6.45) is -0.234.